The number of amides is 1. The van der Waals surface area contributed by atoms with Crippen molar-refractivity contribution in [1.29, 1.82) is 0 Å². The highest BCUT2D eigenvalue weighted by molar-refractivity contribution is 5.92. The molecule has 1 rings (SSSR count). The van der Waals surface area contributed by atoms with Gasteiger partial charge in [0.1, 0.15) is 11.5 Å². The largest absolute Gasteiger partial charge is 0.382 e. The van der Waals surface area contributed by atoms with Crippen LogP contribution >= 0.6 is 0 Å². The van der Waals surface area contributed by atoms with Crippen LogP contribution in [0.2, 0.25) is 0 Å². The molecule has 1 aromatic rings. The first-order chi connectivity index (χ1) is 7.15. The lowest BCUT2D eigenvalue weighted by Crippen LogP contribution is -2.28. The normalized spacial score (nSPS) is 10.0. The van der Waals surface area contributed by atoms with Gasteiger partial charge in [-0.05, 0) is 6.42 Å². The Balaban J connectivity index is 2.67. The lowest BCUT2D eigenvalue weighted by molar-refractivity contribution is 0.0787. The minimum atomic E-state index is -0.136. The van der Waals surface area contributed by atoms with Gasteiger partial charge in [0, 0.05) is 13.6 Å². The molecule has 1 amide bonds. The van der Waals surface area contributed by atoms with E-state index in [1.165, 1.54) is 12.4 Å². The molecule has 0 aliphatic carbocycles. The van der Waals surface area contributed by atoms with Crippen molar-refractivity contribution in [2.24, 2.45) is 0 Å². The molecule has 0 bridgehead atoms. The van der Waals surface area contributed by atoms with Gasteiger partial charge in [0.2, 0.25) is 0 Å². The Bertz CT molecular complexity index is 340. The fourth-order valence-electron chi connectivity index (χ4n) is 1.18. The van der Waals surface area contributed by atoms with Crippen molar-refractivity contribution in [1.82, 2.24) is 14.9 Å². The SMILES string of the molecule is CCCCN(C)C(=O)c1cncc(N)n1. The molecule has 0 unspecified atom stereocenters. The number of unbranched alkanes of at least 4 members (excludes halogenated alkanes) is 1. The molecule has 1 aromatic heterocycles. The van der Waals surface area contributed by atoms with Crippen LogP contribution in [0.25, 0.3) is 0 Å². The first-order valence-electron chi connectivity index (χ1n) is 4.98. The summed E-state index contributed by atoms with van der Waals surface area (Å²) in [7, 11) is 1.75. The van der Waals surface area contributed by atoms with Crippen LogP contribution in [0.1, 0.15) is 30.3 Å². The molecule has 2 N–H and O–H groups in total. The van der Waals surface area contributed by atoms with Crippen LogP contribution in [0, 0.1) is 0 Å². The molecular formula is C10H16N4O. The second-order valence-electron chi connectivity index (χ2n) is 3.41. The molecule has 0 aromatic carbocycles. The summed E-state index contributed by atoms with van der Waals surface area (Å²) >= 11 is 0. The second kappa shape index (κ2) is 5.29. The highest BCUT2D eigenvalue weighted by atomic mass is 16.2. The lowest BCUT2D eigenvalue weighted by atomic mass is 10.3. The number of carbonyl (C=O) groups excluding carboxylic acids is 1. The van der Waals surface area contributed by atoms with Crippen molar-refractivity contribution in [2.45, 2.75) is 19.8 Å². The zero-order valence-corrected chi connectivity index (χ0v) is 9.10. The van der Waals surface area contributed by atoms with Crippen LogP contribution in [-0.2, 0) is 0 Å². The molecule has 0 aliphatic rings. The average molecular weight is 208 g/mol. The van der Waals surface area contributed by atoms with E-state index in [2.05, 4.69) is 16.9 Å². The van der Waals surface area contributed by atoms with Gasteiger partial charge in [-0.15, -0.1) is 0 Å². The summed E-state index contributed by atoms with van der Waals surface area (Å²) in [4.78, 5) is 21.2. The van der Waals surface area contributed by atoms with Gasteiger partial charge in [0.15, 0.2) is 0 Å². The molecular weight excluding hydrogens is 192 g/mol. The van der Waals surface area contributed by atoms with E-state index in [0.29, 0.717) is 5.69 Å². The first-order valence-corrected chi connectivity index (χ1v) is 4.98. The Labute approximate surface area is 89.3 Å². The van der Waals surface area contributed by atoms with Gasteiger partial charge in [0.05, 0.1) is 12.4 Å². The van der Waals surface area contributed by atoms with E-state index in [0.717, 1.165) is 19.4 Å². The van der Waals surface area contributed by atoms with Crippen LogP contribution < -0.4 is 5.73 Å². The Morgan fingerprint density at radius 2 is 2.27 bits per heavy atom. The van der Waals surface area contributed by atoms with E-state index in [1.54, 1.807) is 11.9 Å². The van der Waals surface area contributed by atoms with E-state index < -0.39 is 0 Å². The maximum atomic E-state index is 11.8. The molecule has 0 atom stereocenters. The Hall–Kier alpha value is -1.65. The number of hydrogen-bond donors (Lipinski definition) is 1. The topological polar surface area (TPSA) is 72.1 Å². The molecule has 15 heavy (non-hydrogen) atoms. The van der Waals surface area contributed by atoms with Gasteiger partial charge in [-0.25, -0.2) is 4.98 Å². The molecule has 0 saturated heterocycles. The second-order valence-corrected chi connectivity index (χ2v) is 3.41. The molecule has 0 radical (unpaired) electrons. The van der Waals surface area contributed by atoms with Crippen LogP contribution in [0.3, 0.4) is 0 Å². The minimum Gasteiger partial charge on any atom is -0.382 e. The zero-order chi connectivity index (χ0) is 11.3. The van der Waals surface area contributed by atoms with Gasteiger partial charge in [0.25, 0.3) is 5.91 Å². The molecule has 5 heteroatoms. The highest BCUT2D eigenvalue weighted by Gasteiger charge is 2.12. The summed E-state index contributed by atoms with van der Waals surface area (Å²) in [6.45, 7) is 2.81. The summed E-state index contributed by atoms with van der Waals surface area (Å²) in [5.74, 6) is 0.132. The van der Waals surface area contributed by atoms with E-state index in [9.17, 15) is 4.79 Å². The quantitative estimate of drug-likeness (QED) is 0.799. The number of nitrogens with zero attached hydrogens (tertiary/aromatic N) is 3. The number of carbonyl (C=O) groups is 1. The molecule has 82 valence electrons. The van der Waals surface area contributed by atoms with Gasteiger partial charge in [-0.1, -0.05) is 13.3 Å². The van der Waals surface area contributed by atoms with Crippen LogP contribution in [-0.4, -0.2) is 34.4 Å². The maximum Gasteiger partial charge on any atom is 0.273 e. The maximum absolute atomic E-state index is 11.8. The first kappa shape index (κ1) is 11.4. The molecule has 0 saturated carbocycles. The summed E-state index contributed by atoms with van der Waals surface area (Å²) < 4.78 is 0. The van der Waals surface area contributed by atoms with Crippen LogP contribution in [0.15, 0.2) is 12.4 Å². The highest BCUT2D eigenvalue weighted by Crippen LogP contribution is 2.02. The fourth-order valence-corrected chi connectivity index (χ4v) is 1.18. The Morgan fingerprint density at radius 1 is 1.53 bits per heavy atom. The standard InChI is InChI=1S/C10H16N4O/c1-3-4-5-14(2)10(15)8-6-12-7-9(11)13-8/h6-7H,3-5H2,1-2H3,(H2,11,13). The van der Waals surface area contributed by atoms with Crippen molar-refractivity contribution in [3.05, 3.63) is 18.1 Å². The van der Waals surface area contributed by atoms with Gasteiger partial charge < -0.3 is 10.6 Å². The third-order valence-corrected chi connectivity index (χ3v) is 2.07. The molecule has 0 spiro atoms. The van der Waals surface area contributed by atoms with E-state index >= 15 is 0 Å². The molecule has 5 nitrogen and oxygen atoms in total. The van der Waals surface area contributed by atoms with Crippen molar-refractivity contribution in [2.75, 3.05) is 19.3 Å². The lowest BCUT2D eigenvalue weighted by Gasteiger charge is -2.15. The van der Waals surface area contributed by atoms with E-state index in [4.69, 9.17) is 5.73 Å². The zero-order valence-electron chi connectivity index (χ0n) is 9.10. The Kier molecular flexibility index (Phi) is 4.03. The number of nitrogens with two attached hydrogens (primary N) is 1. The molecule has 1 heterocycles. The van der Waals surface area contributed by atoms with E-state index in [-0.39, 0.29) is 11.7 Å². The molecule has 0 aliphatic heterocycles. The summed E-state index contributed by atoms with van der Waals surface area (Å²) in [6, 6.07) is 0. The Morgan fingerprint density at radius 3 is 2.87 bits per heavy atom. The third-order valence-electron chi connectivity index (χ3n) is 2.07. The van der Waals surface area contributed by atoms with E-state index in [1.807, 2.05) is 0 Å². The summed E-state index contributed by atoms with van der Waals surface area (Å²) in [5.41, 5.74) is 5.75. The number of rotatable bonds is 4. The number of nitrogen functional groups attached to an aromatic ring is 1. The predicted molar refractivity (Wildman–Crippen MR) is 58.3 cm³/mol. The van der Waals surface area contributed by atoms with Crippen LogP contribution in [0.5, 0.6) is 0 Å². The number of hydrogen-bond acceptors (Lipinski definition) is 4. The van der Waals surface area contributed by atoms with Crippen molar-refractivity contribution in [3.63, 3.8) is 0 Å². The van der Waals surface area contributed by atoms with Crippen molar-refractivity contribution < 1.29 is 4.79 Å². The third kappa shape index (κ3) is 3.19. The number of anilines is 1. The average Bonchev–Trinajstić information content (AvgIpc) is 2.24. The summed E-state index contributed by atoms with van der Waals surface area (Å²) in [5, 5.41) is 0. The van der Waals surface area contributed by atoms with Gasteiger partial charge >= 0.3 is 0 Å². The molecule has 0 fully saturated rings. The van der Waals surface area contributed by atoms with Gasteiger partial charge in [-0.3, -0.25) is 9.78 Å². The van der Waals surface area contributed by atoms with Crippen molar-refractivity contribution >= 4 is 11.7 Å². The smallest absolute Gasteiger partial charge is 0.273 e. The minimum absolute atomic E-state index is 0.136. The van der Waals surface area contributed by atoms with Crippen molar-refractivity contribution in [3.8, 4) is 0 Å². The fraction of sp³-hybridized carbons (Fsp3) is 0.500. The summed E-state index contributed by atoms with van der Waals surface area (Å²) in [6.07, 6.45) is 4.89. The monoisotopic (exact) mass is 208 g/mol. The van der Waals surface area contributed by atoms with Crippen LogP contribution in [0.4, 0.5) is 5.82 Å². The van der Waals surface area contributed by atoms with Gasteiger partial charge in [-0.2, -0.15) is 0 Å². The predicted octanol–water partition coefficient (Wildman–Crippen LogP) is 0.931. The number of aromatic nitrogens is 2.